The third-order valence-electron chi connectivity index (χ3n) is 3.67. The zero-order valence-corrected chi connectivity index (χ0v) is 11.2. The van der Waals surface area contributed by atoms with Gasteiger partial charge in [0, 0.05) is 31.3 Å². The molecule has 2 aromatic rings. The number of fused-ring (bicyclic) bond motifs is 1. The molecule has 0 spiro atoms. The van der Waals surface area contributed by atoms with E-state index in [1.807, 2.05) is 7.05 Å². The average molecular weight is 276 g/mol. The molecule has 1 fully saturated rings. The number of nitro groups is 1. The first-order chi connectivity index (χ1) is 9.67. The van der Waals surface area contributed by atoms with Gasteiger partial charge in [-0.3, -0.25) is 10.1 Å². The minimum atomic E-state index is -0.425. The van der Waals surface area contributed by atoms with Crippen LogP contribution in [-0.2, 0) is 0 Å². The molecule has 1 unspecified atom stereocenters. The fraction of sp³-hybridized carbons (Fsp3) is 0.462. The van der Waals surface area contributed by atoms with E-state index in [0.29, 0.717) is 23.2 Å². The first kappa shape index (κ1) is 12.9. The second kappa shape index (κ2) is 5.09. The molecular weight excluding hydrogens is 260 g/mol. The zero-order chi connectivity index (χ0) is 14.1. The quantitative estimate of drug-likeness (QED) is 0.681. The van der Waals surface area contributed by atoms with Gasteiger partial charge in [-0.25, -0.2) is 0 Å². The summed E-state index contributed by atoms with van der Waals surface area (Å²) in [5.74, 6) is 0. The molecule has 0 bridgehead atoms. The van der Waals surface area contributed by atoms with Gasteiger partial charge in [-0.1, -0.05) is 0 Å². The molecule has 1 aromatic carbocycles. The Labute approximate surface area is 115 Å². The standard InChI is InChI=1S/C13H16N4O3/c1-14-9-3-2-6-16(8-9)13-15-11-7-10(17(18)19)4-5-12(11)20-13/h4-5,7,9,14H,2-3,6,8H2,1H3. The van der Waals surface area contributed by atoms with Gasteiger partial charge in [0.2, 0.25) is 0 Å². The van der Waals surface area contributed by atoms with E-state index in [-0.39, 0.29) is 5.69 Å². The Morgan fingerprint density at radius 1 is 1.55 bits per heavy atom. The van der Waals surface area contributed by atoms with Gasteiger partial charge >= 0.3 is 0 Å². The highest BCUT2D eigenvalue weighted by Gasteiger charge is 2.22. The monoisotopic (exact) mass is 276 g/mol. The summed E-state index contributed by atoms with van der Waals surface area (Å²) < 4.78 is 5.70. The SMILES string of the molecule is CNC1CCCN(c2nc3cc([N+](=O)[O-])ccc3o2)C1. The van der Waals surface area contributed by atoms with E-state index in [9.17, 15) is 10.1 Å². The summed E-state index contributed by atoms with van der Waals surface area (Å²) in [6.45, 7) is 1.73. The second-order valence-corrected chi connectivity index (χ2v) is 4.98. The third-order valence-corrected chi connectivity index (χ3v) is 3.67. The molecule has 0 saturated carbocycles. The van der Waals surface area contributed by atoms with E-state index in [1.54, 1.807) is 6.07 Å². The van der Waals surface area contributed by atoms with E-state index in [2.05, 4.69) is 15.2 Å². The normalized spacial score (nSPS) is 19.4. The number of benzene rings is 1. The summed E-state index contributed by atoms with van der Waals surface area (Å²) in [5.41, 5.74) is 1.14. The van der Waals surface area contributed by atoms with Gasteiger partial charge < -0.3 is 14.6 Å². The summed E-state index contributed by atoms with van der Waals surface area (Å²) in [5, 5.41) is 14.0. The first-order valence-corrected chi connectivity index (χ1v) is 6.64. The lowest BCUT2D eigenvalue weighted by atomic mass is 10.1. The maximum Gasteiger partial charge on any atom is 0.298 e. The number of rotatable bonds is 3. The predicted octanol–water partition coefficient (Wildman–Crippen LogP) is 1.92. The number of aromatic nitrogens is 1. The Balaban J connectivity index is 1.90. The lowest BCUT2D eigenvalue weighted by Crippen LogP contribution is -2.44. The highest BCUT2D eigenvalue weighted by molar-refractivity contribution is 5.77. The van der Waals surface area contributed by atoms with Gasteiger partial charge in [0.25, 0.3) is 11.7 Å². The van der Waals surface area contributed by atoms with Gasteiger partial charge in [-0.2, -0.15) is 4.98 Å². The molecule has 20 heavy (non-hydrogen) atoms. The molecule has 2 heterocycles. The number of hydrogen-bond acceptors (Lipinski definition) is 6. The van der Waals surface area contributed by atoms with Crippen LogP contribution in [-0.4, -0.2) is 36.1 Å². The van der Waals surface area contributed by atoms with Crippen molar-refractivity contribution in [1.82, 2.24) is 10.3 Å². The third kappa shape index (κ3) is 2.32. The van der Waals surface area contributed by atoms with Crippen LogP contribution >= 0.6 is 0 Å². The van der Waals surface area contributed by atoms with Crippen molar-refractivity contribution in [1.29, 1.82) is 0 Å². The number of oxazole rings is 1. The van der Waals surface area contributed by atoms with E-state index in [4.69, 9.17) is 4.42 Å². The van der Waals surface area contributed by atoms with Crippen LogP contribution in [0.3, 0.4) is 0 Å². The van der Waals surface area contributed by atoms with Crippen molar-refractivity contribution < 1.29 is 9.34 Å². The molecule has 1 aromatic heterocycles. The molecule has 1 aliphatic heterocycles. The fourth-order valence-corrected chi connectivity index (χ4v) is 2.54. The fourth-order valence-electron chi connectivity index (χ4n) is 2.54. The summed E-state index contributed by atoms with van der Waals surface area (Å²) in [6.07, 6.45) is 2.21. The van der Waals surface area contributed by atoms with Gasteiger partial charge in [-0.15, -0.1) is 0 Å². The molecule has 0 radical (unpaired) electrons. The number of anilines is 1. The molecular formula is C13H16N4O3. The maximum atomic E-state index is 10.8. The average Bonchev–Trinajstić information content (AvgIpc) is 2.90. The topological polar surface area (TPSA) is 84.4 Å². The van der Waals surface area contributed by atoms with Gasteiger partial charge in [0.1, 0.15) is 5.52 Å². The van der Waals surface area contributed by atoms with E-state index < -0.39 is 4.92 Å². The van der Waals surface area contributed by atoms with Gasteiger partial charge in [0.15, 0.2) is 5.58 Å². The van der Waals surface area contributed by atoms with E-state index >= 15 is 0 Å². The van der Waals surface area contributed by atoms with Crippen LogP contribution in [0.2, 0.25) is 0 Å². The van der Waals surface area contributed by atoms with Crippen molar-refractivity contribution in [2.45, 2.75) is 18.9 Å². The predicted molar refractivity (Wildman–Crippen MR) is 75.0 cm³/mol. The molecule has 1 atom stereocenters. The number of hydrogen-bond donors (Lipinski definition) is 1. The molecule has 1 N–H and O–H groups in total. The number of non-ortho nitro benzene ring substituents is 1. The van der Waals surface area contributed by atoms with Crippen LogP contribution in [0.15, 0.2) is 22.6 Å². The first-order valence-electron chi connectivity index (χ1n) is 6.64. The minimum Gasteiger partial charge on any atom is -0.423 e. The number of likely N-dealkylation sites (N-methyl/N-ethyl adjacent to an activating group) is 1. The number of nitro benzene ring substituents is 1. The van der Waals surface area contributed by atoms with Crippen molar-refractivity contribution in [2.24, 2.45) is 0 Å². The van der Waals surface area contributed by atoms with Crippen molar-refractivity contribution in [3.63, 3.8) is 0 Å². The highest BCUT2D eigenvalue weighted by atomic mass is 16.6. The van der Waals surface area contributed by atoms with Gasteiger partial charge in [-0.05, 0) is 26.0 Å². The summed E-state index contributed by atoms with van der Waals surface area (Å²) in [4.78, 5) is 16.8. The Bertz CT molecular complexity index is 640. The van der Waals surface area contributed by atoms with Crippen molar-refractivity contribution in [3.05, 3.63) is 28.3 Å². The number of nitrogens with one attached hydrogen (secondary N) is 1. The van der Waals surface area contributed by atoms with Crippen LogP contribution in [0.4, 0.5) is 11.7 Å². The smallest absolute Gasteiger partial charge is 0.298 e. The number of nitrogens with zero attached hydrogens (tertiary/aromatic N) is 3. The van der Waals surface area contributed by atoms with E-state index in [0.717, 1.165) is 25.9 Å². The summed E-state index contributed by atoms with van der Waals surface area (Å²) in [7, 11) is 1.95. The van der Waals surface area contributed by atoms with Crippen LogP contribution in [0.5, 0.6) is 0 Å². The lowest BCUT2D eigenvalue weighted by molar-refractivity contribution is -0.384. The molecule has 7 nitrogen and oxygen atoms in total. The molecule has 0 aliphatic carbocycles. The van der Waals surface area contributed by atoms with Crippen LogP contribution in [0.25, 0.3) is 11.1 Å². The Kier molecular flexibility index (Phi) is 3.27. The molecule has 0 amide bonds. The summed E-state index contributed by atoms with van der Waals surface area (Å²) >= 11 is 0. The van der Waals surface area contributed by atoms with Crippen molar-refractivity contribution in [3.8, 4) is 0 Å². The molecule has 1 aliphatic rings. The van der Waals surface area contributed by atoms with Crippen molar-refractivity contribution in [2.75, 3.05) is 25.0 Å². The zero-order valence-electron chi connectivity index (χ0n) is 11.2. The Morgan fingerprint density at radius 2 is 2.40 bits per heavy atom. The molecule has 1 saturated heterocycles. The number of piperidine rings is 1. The lowest BCUT2D eigenvalue weighted by Gasteiger charge is -2.31. The largest absolute Gasteiger partial charge is 0.423 e. The molecule has 3 rings (SSSR count). The van der Waals surface area contributed by atoms with Crippen LogP contribution in [0, 0.1) is 10.1 Å². The summed E-state index contributed by atoms with van der Waals surface area (Å²) in [6, 6.07) is 5.45. The molecule has 106 valence electrons. The van der Waals surface area contributed by atoms with Gasteiger partial charge in [0.05, 0.1) is 4.92 Å². The second-order valence-electron chi connectivity index (χ2n) is 4.98. The van der Waals surface area contributed by atoms with Crippen LogP contribution < -0.4 is 10.2 Å². The molecule has 7 heteroatoms. The van der Waals surface area contributed by atoms with E-state index in [1.165, 1.54) is 12.1 Å². The Hall–Kier alpha value is -2.15. The minimum absolute atomic E-state index is 0.0316. The van der Waals surface area contributed by atoms with Crippen LogP contribution in [0.1, 0.15) is 12.8 Å². The van der Waals surface area contributed by atoms with Crippen molar-refractivity contribution >= 4 is 22.8 Å². The Morgan fingerprint density at radius 3 is 3.15 bits per heavy atom. The maximum absolute atomic E-state index is 10.8. The highest BCUT2D eigenvalue weighted by Crippen LogP contribution is 2.27.